The molecular formula is C14H21ClN2O2S. The van der Waals surface area contributed by atoms with Crippen LogP contribution in [0.2, 0.25) is 5.02 Å². The third kappa shape index (κ3) is 3.01. The normalized spacial score (nSPS) is 18.4. The first-order valence-corrected chi connectivity index (χ1v) is 8.67. The van der Waals surface area contributed by atoms with E-state index in [1.165, 1.54) is 6.07 Å². The van der Waals surface area contributed by atoms with Gasteiger partial charge >= 0.3 is 0 Å². The van der Waals surface area contributed by atoms with Crippen LogP contribution in [0.3, 0.4) is 0 Å². The zero-order valence-corrected chi connectivity index (χ0v) is 13.5. The van der Waals surface area contributed by atoms with Crippen LogP contribution in [0.15, 0.2) is 17.0 Å². The first-order valence-electron chi connectivity index (χ1n) is 6.85. The summed E-state index contributed by atoms with van der Waals surface area (Å²) in [5.41, 5.74) is 7.14. The van der Waals surface area contributed by atoms with E-state index in [2.05, 4.69) is 6.92 Å². The van der Waals surface area contributed by atoms with Crippen LogP contribution in [0, 0.1) is 12.8 Å². The Hall–Kier alpha value is -0.620. The highest BCUT2D eigenvalue weighted by molar-refractivity contribution is 7.89. The van der Waals surface area contributed by atoms with Crippen molar-refractivity contribution in [2.45, 2.75) is 38.1 Å². The number of nitrogens with two attached hydrogens (primary N) is 1. The number of piperidine rings is 1. The number of halogens is 1. The molecule has 1 saturated heterocycles. The molecule has 1 heterocycles. The molecule has 2 N–H and O–H groups in total. The van der Waals surface area contributed by atoms with E-state index in [0.717, 1.165) is 18.4 Å². The van der Waals surface area contributed by atoms with E-state index in [9.17, 15) is 8.42 Å². The minimum atomic E-state index is -3.48. The van der Waals surface area contributed by atoms with Crippen molar-refractivity contribution < 1.29 is 8.42 Å². The molecule has 0 amide bonds. The minimum Gasteiger partial charge on any atom is -0.326 e. The molecule has 1 aliphatic rings. The van der Waals surface area contributed by atoms with E-state index in [0.29, 0.717) is 34.5 Å². The quantitative estimate of drug-likeness (QED) is 0.932. The van der Waals surface area contributed by atoms with Crippen LogP contribution in [0.1, 0.15) is 30.9 Å². The summed E-state index contributed by atoms with van der Waals surface area (Å²) in [7, 11) is -3.48. The Morgan fingerprint density at radius 1 is 1.35 bits per heavy atom. The lowest BCUT2D eigenvalue weighted by Crippen LogP contribution is -2.38. The summed E-state index contributed by atoms with van der Waals surface area (Å²) in [6.07, 6.45) is 1.81. The van der Waals surface area contributed by atoms with Crippen molar-refractivity contribution in [2.75, 3.05) is 13.1 Å². The summed E-state index contributed by atoms with van der Waals surface area (Å²) in [4.78, 5) is 0.292. The average Bonchev–Trinajstić information content (AvgIpc) is 2.41. The summed E-state index contributed by atoms with van der Waals surface area (Å²) in [6.45, 7) is 5.38. The maximum absolute atomic E-state index is 12.8. The topological polar surface area (TPSA) is 63.4 Å². The van der Waals surface area contributed by atoms with Crippen LogP contribution in [0.5, 0.6) is 0 Å². The van der Waals surface area contributed by atoms with Gasteiger partial charge in [0.15, 0.2) is 0 Å². The molecule has 0 saturated carbocycles. The zero-order chi connectivity index (χ0) is 14.9. The van der Waals surface area contributed by atoms with Crippen molar-refractivity contribution in [1.29, 1.82) is 0 Å². The fraction of sp³-hybridized carbons (Fsp3) is 0.571. The Balaban J connectivity index is 2.42. The van der Waals surface area contributed by atoms with Crippen LogP contribution < -0.4 is 5.73 Å². The third-order valence-electron chi connectivity index (χ3n) is 4.01. The third-order valence-corrected chi connectivity index (χ3v) is 6.26. The molecule has 1 aromatic carbocycles. The second-order valence-electron chi connectivity index (χ2n) is 5.48. The fourth-order valence-electron chi connectivity index (χ4n) is 2.55. The monoisotopic (exact) mass is 316 g/mol. The van der Waals surface area contributed by atoms with Crippen LogP contribution in [0.25, 0.3) is 0 Å². The van der Waals surface area contributed by atoms with Gasteiger partial charge in [-0.1, -0.05) is 18.5 Å². The Morgan fingerprint density at radius 3 is 2.50 bits per heavy atom. The first kappa shape index (κ1) is 15.8. The smallest absolute Gasteiger partial charge is 0.243 e. The van der Waals surface area contributed by atoms with Gasteiger partial charge in [0.2, 0.25) is 10.0 Å². The van der Waals surface area contributed by atoms with Crippen LogP contribution in [0.4, 0.5) is 0 Å². The molecule has 4 nitrogen and oxygen atoms in total. The molecule has 6 heteroatoms. The van der Waals surface area contributed by atoms with Crippen molar-refractivity contribution in [1.82, 2.24) is 4.31 Å². The largest absolute Gasteiger partial charge is 0.326 e. The van der Waals surface area contributed by atoms with Crippen molar-refractivity contribution in [3.8, 4) is 0 Å². The molecule has 0 unspecified atom stereocenters. The summed E-state index contributed by atoms with van der Waals surface area (Å²) in [5, 5.41) is 0.417. The van der Waals surface area contributed by atoms with Crippen molar-refractivity contribution in [3.63, 3.8) is 0 Å². The van der Waals surface area contributed by atoms with Crippen molar-refractivity contribution in [2.24, 2.45) is 11.7 Å². The highest BCUT2D eigenvalue weighted by atomic mass is 35.5. The molecule has 20 heavy (non-hydrogen) atoms. The maximum Gasteiger partial charge on any atom is 0.243 e. The standard InChI is InChI=1S/C14H21ClN2O2S/c1-10-3-5-17(6-4-10)20(18,19)14-8-13(15)7-12(9-16)11(14)2/h7-8,10H,3-6,9,16H2,1-2H3. The number of nitrogens with zero attached hydrogens (tertiary/aromatic N) is 1. The molecule has 0 aromatic heterocycles. The lowest BCUT2D eigenvalue weighted by molar-refractivity contribution is 0.288. The second-order valence-corrected chi connectivity index (χ2v) is 7.82. The van der Waals surface area contributed by atoms with Gasteiger partial charge in [0.25, 0.3) is 0 Å². The van der Waals surface area contributed by atoms with Crippen LogP contribution in [-0.2, 0) is 16.6 Å². The van der Waals surface area contributed by atoms with Crippen LogP contribution in [-0.4, -0.2) is 25.8 Å². The van der Waals surface area contributed by atoms with E-state index in [1.807, 2.05) is 0 Å². The molecule has 0 spiro atoms. The zero-order valence-electron chi connectivity index (χ0n) is 11.9. The number of rotatable bonds is 3. The summed E-state index contributed by atoms with van der Waals surface area (Å²) in [5.74, 6) is 0.585. The Kier molecular flexibility index (Phi) is 4.74. The van der Waals surface area contributed by atoms with Crippen molar-refractivity contribution in [3.05, 3.63) is 28.3 Å². The Morgan fingerprint density at radius 2 is 1.95 bits per heavy atom. The predicted octanol–water partition coefficient (Wildman–Crippen LogP) is 2.53. The van der Waals surface area contributed by atoms with E-state index in [1.54, 1.807) is 17.3 Å². The molecular weight excluding hydrogens is 296 g/mol. The molecule has 0 atom stereocenters. The van der Waals surface area contributed by atoms with Gasteiger partial charge in [0.05, 0.1) is 4.90 Å². The lowest BCUT2D eigenvalue weighted by Gasteiger charge is -2.30. The van der Waals surface area contributed by atoms with E-state index < -0.39 is 10.0 Å². The van der Waals surface area contributed by atoms with Crippen molar-refractivity contribution >= 4 is 21.6 Å². The molecule has 1 aliphatic heterocycles. The molecule has 0 radical (unpaired) electrons. The van der Waals surface area contributed by atoms with Crippen LogP contribution >= 0.6 is 11.6 Å². The highest BCUT2D eigenvalue weighted by Crippen LogP contribution is 2.29. The molecule has 1 fully saturated rings. The van der Waals surface area contributed by atoms with Gasteiger partial charge in [-0.05, 0) is 48.9 Å². The summed E-state index contributed by atoms with van der Waals surface area (Å²) < 4.78 is 27.1. The molecule has 0 bridgehead atoms. The lowest BCUT2D eigenvalue weighted by atomic mass is 10.0. The molecule has 2 rings (SSSR count). The van der Waals surface area contributed by atoms with Gasteiger partial charge in [0, 0.05) is 24.7 Å². The highest BCUT2D eigenvalue weighted by Gasteiger charge is 2.30. The predicted molar refractivity (Wildman–Crippen MR) is 81.2 cm³/mol. The van der Waals surface area contributed by atoms with Gasteiger partial charge in [-0.3, -0.25) is 0 Å². The SMILES string of the molecule is Cc1c(CN)cc(Cl)cc1S(=O)(=O)N1CCC(C)CC1. The summed E-state index contributed by atoms with van der Waals surface area (Å²) in [6, 6.07) is 3.26. The van der Waals surface area contributed by atoms with Gasteiger partial charge in [-0.2, -0.15) is 4.31 Å². The average molecular weight is 317 g/mol. The Bertz CT molecular complexity index is 593. The first-order chi connectivity index (χ1) is 9.36. The fourth-order valence-corrected chi connectivity index (χ4v) is 4.62. The molecule has 1 aromatic rings. The number of hydrogen-bond donors (Lipinski definition) is 1. The number of sulfonamides is 1. The van der Waals surface area contributed by atoms with Gasteiger partial charge in [0.1, 0.15) is 0 Å². The molecule has 0 aliphatic carbocycles. The second kappa shape index (κ2) is 6.02. The minimum absolute atomic E-state index is 0.284. The Labute approximate surface area is 126 Å². The maximum atomic E-state index is 12.8. The van der Waals surface area contributed by atoms with Gasteiger partial charge < -0.3 is 5.73 Å². The van der Waals surface area contributed by atoms with Gasteiger partial charge in [-0.15, -0.1) is 0 Å². The molecule has 112 valence electrons. The number of benzene rings is 1. The van der Waals surface area contributed by atoms with E-state index >= 15 is 0 Å². The number of hydrogen-bond acceptors (Lipinski definition) is 3. The van der Waals surface area contributed by atoms with E-state index in [4.69, 9.17) is 17.3 Å². The summed E-state index contributed by atoms with van der Waals surface area (Å²) >= 11 is 6.03. The van der Waals surface area contributed by atoms with Gasteiger partial charge in [-0.25, -0.2) is 8.42 Å². The van der Waals surface area contributed by atoms with E-state index in [-0.39, 0.29) is 6.54 Å².